The van der Waals surface area contributed by atoms with E-state index in [0.717, 1.165) is 0 Å². The fraction of sp³-hybridized carbons (Fsp3) is 0.421. The second-order valence-electron chi connectivity index (χ2n) is 6.68. The van der Waals surface area contributed by atoms with Crippen LogP contribution in [0.25, 0.3) is 0 Å². The Morgan fingerprint density at radius 1 is 1.34 bits per heavy atom. The number of hydrogen-bond donors (Lipinski definition) is 1. The third kappa shape index (κ3) is 5.73. The minimum absolute atomic E-state index is 0.138. The molecule has 2 aromatic rings. The summed E-state index contributed by atoms with van der Waals surface area (Å²) in [7, 11) is -3.53. The molecule has 0 aliphatic carbocycles. The van der Waals surface area contributed by atoms with E-state index in [1.807, 2.05) is 0 Å². The van der Waals surface area contributed by atoms with Gasteiger partial charge in [-0.2, -0.15) is 16.1 Å². The zero-order chi connectivity index (χ0) is 20.9. The number of thiophene rings is 1. The summed E-state index contributed by atoms with van der Waals surface area (Å²) in [6.07, 6.45) is 1.32. The van der Waals surface area contributed by atoms with Gasteiger partial charge in [0.15, 0.2) is 0 Å². The number of rotatable bonds is 8. The molecular weight excluding hydrogens is 455 g/mol. The Morgan fingerprint density at radius 2 is 2.17 bits per heavy atom. The maximum absolute atomic E-state index is 13.7. The number of hydrogen-bond acceptors (Lipinski definition) is 5. The molecule has 1 amide bonds. The fourth-order valence-corrected chi connectivity index (χ4v) is 7.01. The number of carbonyl (C=O) groups excluding carboxylic acids is 1. The highest BCUT2D eigenvalue weighted by Crippen LogP contribution is 2.27. The first-order chi connectivity index (χ1) is 13.9. The summed E-state index contributed by atoms with van der Waals surface area (Å²) in [6.45, 7) is 1.07. The lowest BCUT2D eigenvalue weighted by atomic mass is 9.99. The van der Waals surface area contributed by atoms with Gasteiger partial charge in [0.25, 0.3) is 10.0 Å². The van der Waals surface area contributed by atoms with E-state index < -0.39 is 10.0 Å². The van der Waals surface area contributed by atoms with Gasteiger partial charge in [-0.15, -0.1) is 11.3 Å². The van der Waals surface area contributed by atoms with E-state index >= 15 is 0 Å². The monoisotopic (exact) mass is 476 g/mol. The maximum Gasteiger partial charge on any atom is 0.252 e. The van der Waals surface area contributed by atoms with Gasteiger partial charge in [0.2, 0.25) is 5.91 Å². The first-order valence-electron chi connectivity index (χ1n) is 9.21. The highest BCUT2D eigenvalue weighted by Gasteiger charge is 2.33. The predicted molar refractivity (Wildman–Crippen MR) is 116 cm³/mol. The number of halogens is 2. The van der Waals surface area contributed by atoms with Gasteiger partial charge in [-0.05, 0) is 36.4 Å². The molecule has 1 fully saturated rings. The molecule has 10 heteroatoms. The third-order valence-electron chi connectivity index (χ3n) is 4.70. The molecule has 5 nitrogen and oxygen atoms in total. The molecule has 29 heavy (non-hydrogen) atoms. The van der Waals surface area contributed by atoms with Crippen LogP contribution in [0.15, 0.2) is 39.9 Å². The van der Waals surface area contributed by atoms with Crippen molar-refractivity contribution >= 4 is 50.6 Å². The quantitative estimate of drug-likeness (QED) is 0.585. The lowest BCUT2D eigenvalue weighted by molar-refractivity contribution is -0.125. The van der Waals surface area contributed by atoms with Crippen LogP contribution >= 0.6 is 34.7 Å². The van der Waals surface area contributed by atoms with Crippen LogP contribution in [0.3, 0.4) is 0 Å². The van der Waals surface area contributed by atoms with Gasteiger partial charge in [0, 0.05) is 41.7 Å². The van der Waals surface area contributed by atoms with E-state index in [4.69, 9.17) is 11.6 Å². The largest absolute Gasteiger partial charge is 0.355 e. The fourth-order valence-electron chi connectivity index (χ4n) is 3.15. The van der Waals surface area contributed by atoms with Crippen molar-refractivity contribution in [2.75, 3.05) is 25.4 Å². The Labute approximate surface area is 183 Å². The summed E-state index contributed by atoms with van der Waals surface area (Å²) >= 11 is 8.67. The number of nitrogens with zero attached hydrogens (tertiary/aromatic N) is 1. The summed E-state index contributed by atoms with van der Waals surface area (Å²) in [6, 6.07) is 7.89. The van der Waals surface area contributed by atoms with Gasteiger partial charge >= 0.3 is 0 Å². The topological polar surface area (TPSA) is 66.5 Å². The molecule has 2 heterocycles. The Kier molecular flexibility index (Phi) is 7.98. The molecule has 0 bridgehead atoms. The summed E-state index contributed by atoms with van der Waals surface area (Å²) in [4.78, 5) is 12.5. The first kappa shape index (κ1) is 22.6. The molecule has 1 saturated heterocycles. The van der Waals surface area contributed by atoms with Crippen LogP contribution in [0.2, 0.25) is 5.02 Å². The highest BCUT2D eigenvalue weighted by molar-refractivity contribution is 7.98. The standard InChI is InChI=1S/C19H22ClFN2O3S3/c20-16-5-1-6-17(21)15(16)13-27-11-8-22-19(24)14-4-2-9-23(12-14)29(25,26)18-7-3-10-28-18/h1,3,5-7,10,14H,2,4,8-9,11-13H2,(H,22,24). The number of carbonyl (C=O) groups is 1. The van der Waals surface area contributed by atoms with Crippen molar-refractivity contribution in [1.82, 2.24) is 9.62 Å². The van der Waals surface area contributed by atoms with Crippen LogP contribution in [0, 0.1) is 11.7 Å². The van der Waals surface area contributed by atoms with Crippen molar-refractivity contribution < 1.29 is 17.6 Å². The molecule has 0 spiro atoms. The molecule has 1 atom stereocenters. The first-order valence-corrected chi connectivity index (χ1v) is 13.1. The van der Waals surface area contributed by atoms with Crippen molar-refractivity contribution in [3.05, 3.63) is 52.1 Å². The Hall–Kier alpha value is -1.13. The van der Waals surface area contributed by atoms with Gasteiger partial charge in [-0.25, -0.2) is 12.8 Å². The Bertz CT molecular complexity index is 918. The molecule has 1 aliphatic heterocycles. The van der Waals surface area contributed by atoms with Crippen LogP contribution in [0.5, 0.6) is 0 Å². The van der Waals surface area contributed by atoms with Crippen molar-refractivity contribution in [2.24, 2.45) is 5.92 Å². The number of nitrogens with one attached hydrogen (secondary N) is 1. The number of piperidine rings is 1. The van der Waals surface area contributed by atoms with E-state index in [2.05, 4.69) is 5.32 Å². The molecule has 0 radical (unpaired) electrons. The van der Waals surface area contributed by atoms with E-state index in [1.165, 1.54) is 33.5 Å². The van der Waals surface area contributed by atoms with Crippen LogP contribution in [0.1, 0.15) is 18.4 Å². The average Bonchev–Trinajstić information content (AvgIpc) is 3.25. The van der Waals surface area contributed by atoms with Gasteiger partial charge < -0.3 is 5.32 Å². The van der Waals surface area contributed by atoms with E-state index in [0.29, 0.717) is 52.2 Å². The molecule has 1 unspecified atom stereocenters. The van der Waals surface area contributed by atoms with Crippen molar-refractivity contribution in [2.45, 2.75) is 22.8 Å². The lowest BCUT2D eigenvalue weighted by Gasteiger charge is -2.30. The highest BCUT2D eigenvalue weighted by atomic mass is 35.5. The summed E-state index contributed by atoms with van der Waals surface area (Å²) in [5, 5.41) is 5.00. The van der Waals surface area contributed by atoms with Gasteiger partial charge in [-0.3, -0.25) is 4.79 Å². The van der Waals surface area contributed by atoms with Crippen LogP contribution in [-0.2, 0) is 20.6 Å². The zero-order valence-corrected chi connectivity index (χ0v) is 18.8. The number of thioether (sulfide) groups is 1. The van der Waals surface area contributed by atoms with Crippen molar-refractivity contribution in [3.63, 3.8) is 0 Å². The minimum Gasteiger partial charge on any atom is -0.355 e. The normalized spacial score (nSPS) is 17.9. The molecule has 1 aromatic heterocycles. The number of sulfonamides is 1. The summed E-state index contributed by atoms with van der Waals surface area (Å²) < 4.78 is 40.8. The molecule has 1 aliphatic rings. The maximum atomic E-state index is 13.7. The van der Waals surface area contributed by atoms with E-state index in [1.54, 1.807) is 29.6 Å². The lowest BCUT2D eigenvalue weighted by Crippen LogP contribution is -2.45. The van der Waals surface area contributed by atoms with Crippen molar-refractivity contribution in [3.8, 4) is 0 Å². The second kappa shape index (κ2) is 10.3. The SMILES string of the molecule is O=C(NCCSCc1c(F)cccc1Cl)C1CCCN(S(=O)(=O)c2cccs2)C1. The molecular formula is C19H22ClFN2O3S3. The molecule has 1 N–H and O–H groups in total. The zero-order valence-electron chi connectivity index (χ0n) is 15.6. The Morgan fingerprint density at radius 3 is 2.90 bits per heavy atom. The smallest absolute Gasteiger partial charge is 0.252 e. The van der Waals surface area contributed by atoms with Crippen LogP contribution in [0.4, 0.5) is 4.39 Å². The number of amides is 1. The summed E-state index contributed by atoms with van der Waals surface area (Å²) in [5.41, 5.74) is 0.465. The van der Waals surface area contributed by atoms with Gasteiger partial charge in [0.1, 0.15) is 10.0 Å². The Balaban J connectivity index is 1.45. The van der Waals surface area contributed by atoms with E-state index in [-0.39, 0.29) is 24.2 Å². The molecule has 158 valence electrons. The molecule has 3 rings (SSSR count). The molecule has 1 aromatic carbocycles. The van der Waals surface area contributed by atoms with Crippen LogP contribution < -0.4 is 5.32 Å². The third-order valence-corrected chi connectivity index (χ3v) is 9.28. The average molecular weight is 477 g/mol. The molecule has 0 saturated carbocycles. The van der Waals surface area contributed by atoms with Crippen LogP contribution in [-0.4, -0.2) is 44.0 Å². The van der Waals surface area contributed by atoms with Gasteiger partial charge in [-0.1, -0.05) is 23.7 Å². The second-order valence-corrected chi connectivity index (χ2v) is 11.3. The predicted octanol–water partition coefficient (Wildman–Crippen LogP) is 3.99. The number of benzene rings is 1. The van der Waals surface area contributed by atoms with Gasteiger partial charge in [0.05, 0.1) is 5.92 Å². The van der Waals surface area contributed by atoms with Crippen molar-refractivity contribution in [1.29, 1.82) is 0 Å². The van der Waals surface area contributed by atoms with E-state index in [9.17, 15) is 17.6 Å². The minimum atomic E-state index is -3.53. The summed E-state index contributed by atoms with van der Waals surface area (Å²) in [5.74, 6) is 0.214.